The molecule has 3 rings (SSSR count). The van der Waals surface area contributed by atoms with Crippen LogP contribution in [0.15, 0.2) is 47.5 Å². The maximum Gasteiger partial charge on any atom is 0.234 e. The molecule has 0 aliphatic rings. The van der Waals surface area contributed by atoms with Crippen LogP contribution >= 0.6 is 11.8 Å². The number of benzene rings is 2. The summed E-state index contributed by atoms with van der Waals surface area (Å²) in [4.78, 5) is 17.2. The highest BCUT2D eigenvalue weighted by atomic mass is 32.2. The van der Waals surface area contributed by atoms with E-state index in [9.17, 15) is 4.79 Å². The molecule has 0 aliphatic heterocycles. The van der Waals surface area contributed by atoms with Gasteiger partial charge in [0.15, 0.2) is 0 Å². The minimum Gasteiger partial charge on any atom is -0.497 e. The zero-order valence-electron chi connectivity index (χ0n) is 16.5. The predicted molar refractivity (Wildman–Crippen MR) is 115 cm³/mol. The largest absolute Gasteiger partial charge is 0.497 e. The highest BCUT2D eigenvalue weighted by Crippen LogP contribution is 2.28. The minimum absolute atomic E-state index is 0.103. The highest BCUT2D eigenvalue weighted by molar-refractivity contribution is 8.00. The predicted octanol–water partition coefficient (Wildman–Crippen LogP) is 4.85. The van der Waals surface area contributed by atoms with Crippen LogP contribution < -0.4 is 14.8 Å². The van der Waals surface area contributed by atoms with E-state index in [1.165, 1.54) is 17.3 Å². The number of rotatable bonds is 7. The zero-order valence-corrected chi connectivity index (χ0v) is 17.4. The molecular weight excluding hydrogens is 372 g/mol. The van der Waals surface area contributed by atoms with E-state index in [4.69, 9.17) is 14.5 Å². The second kappa shape index (κ2) is 8.97. The Morgan fingerprint density at radius 2 is 1.79 bits per heavy atom. The summed E-state index contributed by atoms with van der Waals surface area (Å²) in [6, 6.07) is 13.7. The summed E-state index contributed by atoms with van der Waals surface area (Å²) in [5, 5.41) is 4.92. The normalized spacial score (nSPS) is 10.7. The van der Waals surface area contributed by atoms with Gasteiger partial charge in [0.05, 0.1) is 25.5 Å². The number of hydrogen-bond acceptors (Lipinski definition) is 5. The van der Waals surface area contributed by atoms with Crippen molar-refractivity contribution in [2.45, 2.75) is 25.3 Å². The molecule has 0 bridgehead atoms. The summed E-state index contributed by atoms with van der Waals surface area (Å²) in [7, 11) is 3.16. The molecule has 0 spiro atoms. The van der Waals surface area contributed by atoms with Gasteiger partial charge in [-0.2, -0.15) is 0 Å². The molecule has 1 N–H and O–H groups in total. The third-order valence-corrected chi connectivity index (χ3v) is 5.40. The Morgan fingerprint density at radius 3 is 2.43 bits per heavy atom. The number of thioether (sulfide) groups is 1. The van der Waals surface area contributed by atoms with Crippen molar-refractivity contribution in [1.82, 2.24) is 4.98 Å². The molecule has 1 heterocycles. The van der Waals surface area contributed by atoms with Gasteiger partial charge in [0.25, 0.3) is 0 Å². The number of anilines is 1. The van der Waals surface area contributed by atoms with Gasteiger partial charge in [0, 0.05) is 29.3 Å². The van der Waals surface area contributed by atoms with E-state index in [2.05, 4.69) is 43.4 Å². The molecule has 0 fully saturated rings. The minimum atomic E-state index is -0.103. The Morgan fingerprint density at radius 1 is 1.07 bits per heavy atom. The highest BCUT2D eigenvalue weighted by Gasteiger charge is 2.11. The van der Waals surface area contributed by atoms with Gasteiger partial charge in [-0.3, -0.25) is 4.79 Å². The van der Waals surface area contributed by atoms with Crippen molar-refractivity contribution in [3.05, 3.63) is 53.6 Å². The van der Waals surface area contributed by atoms with Crippen LogP contribution in [0.2, 0.25) is 0 Å². The van der Waals surface area contributed by atoms with Crippen LogP contribution in [0.4, 0.5) is 5.69 Å². The average Bonchev–Trinajstić information content (AvgIpc) is 2.71. The van der Waals surface area contributed by atoms with Crippen molar-refractivity contribution < 1.29 is 14.3 Å². The second-order valence-corrected chi connectivity index (χ2v) is 7.40. The van der Waals surface area contributed by atoms with Gasteiger partial charge >= 0.3 is 0 Å². The van der Waals surface area contributed by atoms with Crippen LogP contribution in [0.25, 0.3) is 10.9 Å². The fourth-order valence-electron chi connectivity index (χ4n) is 2.89. The SMILES string of the molecule is CCc1cc2ccc(C)cc2nc1SCC(=O)Nc1cc(OC)cc(OC)c1. The lowest BCUT2D eigenvalue weighted by molar-refractivity contribution is -0.113. The van der Waals surface area contributed by atoms with E-state index in [0.717, 1.165) is 27.9 Å². The van der Waals surface area contributed by atoms with Crippen molar-refractivity contribution in [1.29, 1.82) is 0 Å². The van der Waals surface area contributed by atoms with Crippen molar-refractivity contribution in [2.75, 3.05) is 25.3 Å². The van der Waals surface area contributed by atoms with E-state index < -0.39 is 0 Å². The maximum absolute atomic E-state index is 12.5. The quantitative estimate of drug-likeness (QED) is 0.578. The Balaban J connectivity index is 1.74. The van der Waals surface area contributed by atoms with Crippen LogP contribution in [0.1, 0.15) is 18.1 Å². The summed E-state index contributed by atoms with van der Waals surface area (Å²) < 4.78 is 10.5. The first-order valence-electron chi connectivity index (χ1n) is 9.08. The number of ether oxygens (including phenoxy) is 2. The standard InChI is InChI=1S/C22H24N2O3S/c1-5-15-9-16-7-6-14(2)8-20(16)24-22(15)28-13-21(25)23-17-10-18(26-3)12-19(11-17)27-4/h6-12H,5,13H2,1-4H3,(H,23,25). The molecule has 0 aliphatic carbocycles. The van der Waals surface area contributed by atoms with Gasteiger partial charge in [-0.15, -0.1) is 0 Å². The number of nitrogens with one attached hydrogen (secondary N) is 1. The van der Waals surface area contributed by atoms with E-state index in [1.54, 1.807) is 32.4 Å². The number of aryl methyl sites for hydroxylation is 2. The fraction of sp³-hybridized carbons (Fsp3) is 0.273. The number of hydrogen-bond donors (Lipinski definition) is 1. The number of pyridine rings is 1. The lowest BCUT2D eigenvalue weighted by Crippen LogP contribution is -2.14. The Hall–Kier alpha value is -2.73. The molecule has 1 amide bonds. The second-order valence-electron chi connectivity index (χ2n) is 6.44. The van der Waals surface area contributed by atoms with Crippen molar-refractivity contribution in [3.63, 3.8) is 0 Å². The summed E-state index contributed by atoms with van der Waals surface area (Å²) >= 11 is 1.45. The van der Waals surface area contributed by atoms with Gasteiger partial charge in [-0.1, -0.05) is 30.8 Å². The first-order chi connectivity index (χ1) is 13.5. The van der Waals surface area contributed by atoms with E-state index >= 15 is 0 Å². The first kappa shape index (κ1) is 20.0. The Bertz CT molecular complexity index is 982. The molecule has 0 atom stereocenters. The van der Waals surface area contributed by atoms with Crippen LogP contribution in [0.5, 0.6) is 11.5 Å². The lowest BCUT2D eigenvalue weighted by Gasteiger charge is -2.11. The van der Waals surface area contributed by atoms with Gasteiger partial charge in [-0.25, -0.2) is 4.98 Å². The molecule has 28 heavy (non-hydrogen) atoms. The molecule has 146 valence electrons. The van der Waals surface area contributed by atoms with E-state index in [1.807, 2.05) is 0 Å². The molecule has 0 saturated heterocycles. The molecule has 0 saturated carbocycles. The molecule has 3 aromatic rings. The zero-order chi connectivity index (χ0) is 20.1. The Kier molecular flexibility index (Phi) is 6.41. The third kappa shape index (κ3) is 4.75. The Labute approximate surface area is 169 Å². The van der Waals surface area contributed by atoms with Gasteiger partial charge < -0.3 is 14.8 Å². The number of aromatic nitrogens is 1. The topological polar surface area (TPSA) is 60.5 Å². The van der Waals surface area contributed by atoms with Gasteiger partial charge in [-0.05, 0) is 36.6 Å². The molecule has 2 aromatic carbocycles. The smallest absolute Gasteiger partial charge is 0.234 e. The number of methoxy groups -OCH3 is 2. The van der Waals surface area contributed by atoms with E-state index in [-0.39, 0.29) is 11.7 Å². The number of amides is 1. The molecule has 0 radical (unpaired) electrons. The summed E-state index contributed by atoms with van der Waals surface area (Å²) in [6.45, 7) is 4.15. The summed E-state index contributed by atoms with van der Waals surface area (Å²) in [6.07, 6.45) is 0.869. The van der Waals surface area contributed by atoms with Gasteiger partial charge in [0.1, 0.15) is 16.5 Å². The fourth-order valence-corrected chi connectivity index (χ4v) is 3.78. The number of carbonyl (C=O) groups excluding carboxylic acids is 1. The molecule has 1 aromatic heterocycles. The number of nitrogens with zero attached hydrogens (tertiary/aromatic N) is 1. The summed E-state index contributed by atoms with van der Waals surface area (Å²) in [5.41, 5.74) is 3.92. The monoisotopic (exact) mass is 396 g/mol. The molecule has 5 nitrogen and oxygen atoms in total. The van der Waals surface area contributed by atoms with Crippen molar-refractivity contribution in [2.24, 2.45) is 0 Å². The first-order valence-corrected chi connectivity index (χ1v) is 10.1. The third-order valence-electron chi connectivity index (χ3n) is 4.37. The van der Waals surface area contributed by atoms with Crippen LogP contribution in [-0.4, -0.2) is 30.9 Å². The number of fused-ring (bicyclic) bond motifs is 1. The van der Waals surface area contributed by atoms with Crippen molar-refractivity contribution in [3.8, 4) is 11.5 Å². The van der Waals surface area contributed by atoms with Crippen molar-refractivity contribution >= 4 is 34.3 Å². The molecule has 0 unspecified atom stereocenters. The number of carbonyl (C=O) groups is 1. The van der Waals surface area contributed by atoms with Crippen LogP contribution in [0.3, 0.4) is 0 Å². The van der Waals surface area contributed by atoms with Crippen LogP contribution in [-0.2, 0) is 11.2 Å². The van der Waals surface area contributed by atoms with E-state index in [0.29, 0.717) is 17.2 Å². The van der Waals surface area contributed by atoms with Gasteiger partial charge in [0.2, 0.25) is 5.91 Å². The summed E-state index contributed by atoms with van der Waals surface area (Å²) in [5.74, 6) is 1.43. The average molecular weight is 397 g/mol. The molecular formula is C22H24N2O3S. The molecule has 6 heteroatoms. The maximum atomic E-state index is 12.5. The van der Waals surface area contributed by atoms with Crippen LogP contribution in [0, 0.1) is 6.92 Å². The lowest BCUT2D eigenvalue weighted by atomic mass is 10.1.